The molecule has 0 unspecified atom stereocenters. The predicted octanol–water partition coefficient (Wildman–Crippen LogP) is 2.13. The normalized spacial score (nSPS) is 20.6. The molecule has 17 heavy (non-hydrogen) atoms. The van der Waals surface area contributed by atoms with E-state index in [1.807, 2.05) is 0 Å². The van der Waals surface area contributed by atoms with E-state index in [4.69, 9.17) is 4.74 Å². The van der Waals surface area contributed by atoms with Gasteiger partial charge in [0, 0.05) is 6.54 Å². The van der Waals surface area contributed by atoms with Crippen LogP contribution < -0.4 is 10.1 Å². The van der Waals surface area contributed by atoms with Crippen LogP contribution in [0.15, 0.2) is 11.7 Å². The zero-order chi connectivity index (χ0) is 11.7. The third kappa shape index (κ3) is 2.12. The third-order valence-corrected chi connectivity index (χ3v) is 4.10. The molecule has 1 N–H and O–H groups in total. The number of rotatable bonds is 2. The number of piperidine rings is 1. The quantitative estimate of drug-likeness (QED) is 0.885. The van der Waals surface area contributed by atoms with Crippen LogP contribution in [0.3, 0.4) is 0 Å². The molecule has 0 aromatic carbocycles. The highest BCUT2D eigenvalue weighted by Gasteiger charge is 2.17. The molecular weight excluding hydrogens is 234 g/mol. The molecule has 0 saturated carbocycles. The molecule has 1 fully saturated rings. The topological polar surface area (TPSA) is 47.0 Å². The van der Waals surface area contributed by atoms with E-state index in [0.29, 0.717) is 0 Å². The van der Waals surface area contributed by atoms with Crippen molar-refractivity contribution in [3.63, 3.8) is 0 Å². The molecule has 0 radical (unpaired) electrons. The zero-order valence-electron chi connectivity index (χ0n) is 9.77. The summed E-state index contributed by atoms with van der Waals surface area (Å²) in [5.41, 5.74) is 2.21. The van der Waals surface area contributed by atoms with Crippen LogP contribution in [-0.4, -0.2) is 29.2 Å². The lowest BCUT2D eigenvalue weighted by Gasteiger charge is -2.23. The lowest BCUT2D eigenvalue weighted by molar-refractivity contribution is 0.163. The number of hydrogen-bond acceptors (Lipinski definition) is 5. The Hall–Kier alpha value is -1.20. The van der Waals surface area contributed by atoms with Gasteiger partial charge in [0.15, 0.2) is 0 Å². The van der Waals surface area contributed by atoms with Crippen LogP contribution >= 0.6 is 11.3 Å². The summed E-state index contributed by atoms with van der Waals surface area (Å²) in [6.07, 6.45) is 4.10. The molecule has 2 aromatic heterocycles. The Morgan fingerprint density at radius 3 is 3.24 bits per heavy atom. The Balaban J connectivity index is 1.89. The fourth-order valence-corrected chi connectivity index (χ4v) is 3.04. The van der Waals surface area contributed by atoms with Crippen molar-refractivity contribution >= 4 is 21.6 Å². The van der Waals surface area contributed by atoms with Crippen molar-refractivity contribution in [3.8, 4) is 5.88 Å². The minimum absolute atomic E-state index is 0.240. The van der Waals surface area contributed by atoms with Crippen molar-refractivity contribution in [1.29, 1.82) is 0 Å². The summed E-state index contributed by atoms with van der Waals surface area (Å²) in [4.78, 5) is 8.56. The molecular formula is C12H15N3OS. The number of hydrogen-bond donors (Lipinski definition) is 1. The molecule has 1 saturated heterocycles. The van der Waals surface area contributed by atoms with Crippen LogP contribution in [0.2, 0.25) is 0 Å². The maximum Gasteiger partial charge on any atom is 0.235 e. The molecule has 0 amide bonds. The van der Waals surface area contributed by atoms with E-state index in [-0.39, 0.29) is 6.10 Å². The predicted molar refractivity (Wildman–Crippen MR) is 68.7 cm³/mol. The number of aromatic nitrogens is 2. The first-order valence-electron chi connectivity index (χ1n) is 5.91. The second-order valence-corrected chi connectivity index (χ2v) is 5.24. The van der Waals surface area contributed by atoms with Gasteiger partial charge >= 0.3 is 0 Å². The summed E-state index contributed by atoms with van der Waals surface area (Å²) in [7, 11) is 0. The second kappa shape index (κ2) is 4.58. The molecule has 0 bridgehead atoms. The van der Waals surface area contributed by atoms with Gasteiger partial charge < -0.3 is 10.1 Å². The van der Waals surface area contributed by atoms with Crippen LogP contribution in [0.5, 0.6) is 5.88 Å². The van der Waals surface area contributed by atoms with Gasteiger partial charge in [-0.15, -0.1) is 11.3 Å². The van der Waals surface area contributed by atoms with Gasteiger partial charge in [0.25, 0.3) is 0 Å². The van der Waals surface area contributed by atoms with E-state index in [1.165, 1.54) is 12.0 Å². The van der Waals surface area contributed by atoms with Gasteiger partial charge in [0.2, 0.25) is 5.88 Å². The van der Waals surface area contributed by atoms with E-state index in [1.54, 1.807) is 17.7 Å². The highest BCUT2D eigenvalue weighted by molar-refractivity contribution is 7.17. The third-order valence-electron chi connectivity index (χ3n) is 3.03. The average Bonchev–Trinajstić information content (AvgIpc) is 2.74. The van der Waals surface area contributed by atoms with E-state index >= 15 is 0 Å². The number of fused-ring (bicyclic) bond motifs is 1. The van der Waals surface area contributed by atoms with Gasteiger partial charge in [-0.3, -0.25) is 0 Å². The maximum atomic E-state index is 5.98. The molecule has 0 spiro atoms. The summed E-state index contributed by atoms with van der Waals surface area (Å²) in [5.74, 6) is 0.738. The average molecular weight is 249 g/mol. The van der Waals surface area contributed by atoms with Crippen molar-refractivity contribution in [3.05, 3.63) is 17.3 Å². The highest BCUT2D eigenvalue weighted by atomic mass is 32.1. The number of aryl methyl sites for hydroxylation is 1. The minimum Gasteiger partial charge on any atom is -0.472 e. The minimum atomic E-state index is 0.240. The Morgan fingerprint density at radius 1 is 1.47 bits per heavy atom. The van der Waals surface area contributed by atoms with Crippen LogP contribution in [0, 0.1) is 6.92 Å². The molecule has 5 heteroatoms. The monoisotopic (exact) mass is 249 g/mol. The molecule has 90 valence electrons. The molecule has 3 heterocycles. The first kappa shape index (κ1) is 10.9. The van der Waals surface area contributed by atoms with Crippen molar-refractivity contribution in [2.75, 3.05) is 13.1 Å². The Morgan fingerprint density at radius 2 is 2.41 bits per heavy atom. The zero-order valence-corrected chi connectivity index (χ0v) is 10.6. The number of nitrogens with zero attached hydrogens (tertiary/aromatic N) is 2. The van der Waals surface area contributed by atoms with Gasteiger partial charge in [-0.1, -0.05) is 0 Å². The lowest BCUT2D eigenvalue weighted by atomic mass is 10.1. The van der Waals surface area contributed by atoms with Crippen molar-refractivity contribution in [2.24, 2.45) is 0 Å². The van der Waals surface area contributed by atoms with Gasteiger partial charge in [0.05, 0.1) is 5.52 Å². The fourth-order valence-electron chi connectivity index (χ4n) is 2.11. The smallest absolute Gasteiger partial charge is 0.235 e. The Bertz CT molecular complexity index is 519. The maximum absolute atomic E-state index is 5.98. The van der Waals surface area contributed by atoms with E-state index in [2.05, 4.69) is 27.6 Å². The number of ether oxygens (including phenoxy) is 1. The van der Waals surface area contributed by atoms with Crippen LogP contribution in [0.1, 0.15) is 18.4 Å². The van der Waals surface area contributed by atoms with Crippen molar-refractivity contribution in [1.82, 2.24) is 15.3 Å². The largest absolute Gasteiger partial charge is 0.472 e. The van der Waals surface area contributed by atoms with Crippen molar-refractivity contribution < 1.29 is 4.74 Å². The van der Waals surface area contributed by atoms with Gasteiger partial charge in [-0.25, -0.2) is 9.97 Å². The number of nitrogens with one attached hydrogen (secondary N) is 1. The van der Waals surface area contributed by atoms with E-state index in [9.17, 15) is 0 Å². The summed E-state index contributed by atoms with van der Waals surface area (Å²) < 4.78 is 7.04. The summed E-state index contributed by atoms with van der Waals surface area (Å²) in [6.45, 7) is 4.07. The van der Waals surface area contributed by atoms with E-state index in [0.717, 1.165) is 35.6 Å². The molecule has 2 aromatic rings. The summed E-state index contributed by atoms with van der Waals surface area (Å²) >= 11 is 1.66. The summed E-state index contributed by atoms with van der Waals surface area (Å²) in [5, 5.41) is 5.45. The molecule has 1 aliphatic rings. The number of thiophene rings is 1. The molecule has 3 rings (SSSR count). The van der Waals surface area contributed by atoms with Gasteiger partial charge in [-0.2, -0.15) is 0 Å². The highest BCUT2D eigenvalue weighted by Crippen LogP contribution is 2.30. The first-order chi connectivity index (χ1) is 8.34. The lowest BCUT2D eigenvalue weighted by Crippen LogP contribution is -2.37. The molecule has 4 nitrogen and oxygen atoms in total. The van der Waals surface area contributed by atoms with Gasteiger partial charge in [-0.05, 0) is 37.3 Å². The van der Waals surface area contributed by atoms with Gasteiger partial charge in [0.1, 0.15) is 17.1 Å². The molecule has 1 atom stereocenters. The fraction of sp³-hybridized carbons (Fsp3) is 0.500. The van der Waals surface area contributed by atoms with Crippen LogP contribution in [-0.2, 0) is 0 Å². The Kier molecular flexibility index (Phi) is 2.94. The van der Waals surface area contributed by atoms with Crippen LogP contribution in [0.4, 0.5) is 0 Å². The summed E-state index contributed by atoms with van der Waals surface area (Å²) in [6, 6.07) is 0. The second-order valence-electron chi connectivity index (χ2n) is 4.36. The molecule has 0 aliphatic carbocycles. The van der Waals surface area contributed by atoms with E-state index < -0.39 is 0 Å². The standard InChI is InChI=1S/C12H15N3OS/c1-8-6-17-11-10(8)14-7-15-12(11)16-9-3-2-4-13-5-9/h6-7,9,13H,2-5H2,1H3/t9-/m0/s1. The van der Waals surface area contributed by atoms with Crippen LogP contribution in [0.25, 0.3) is 10.2 Å². The first-order valence-corrected chi connectivity index (χ1v) is 6.79. The molecule has 1 aliphatic heterocycles. The SMILES string of the molecule is Cc1csc2c(O[C@H]3CCCNC3)ncnc12. The Labute approximate surface area is 104 Å². The van der Waals surface area contributed by atoms with Crippen molar-refractivity contribution in [2.45, 2.75) is 25.9 Å².